The van der Waals surface area contributed by atoms with Crippen molar-refractivity contribution in [1.82, 2.24) is 9.78 Å². The monoisotopic (exact) mass is 303 g/mol. The van der Waals surface area contributed by atoms with Crippen molar-refractivity contribution < 1.29 is 14.7 Å². The van der Waals surface area contributed by atoms with E-state index < -0.39 is 5.97 Å². The molecule has 2 N–H and O–H groups in total. The van der Waals surface area contributed by atoms with E-state index in [4.69, 9.17) is 5.11 Å². The number of carbonyl (C=O) groups is 2. The number of amides is 1. The van der Waals surface area contributed by atoms with Crippen LogP contribution in [0.25, 0.3) is 0 Å². The van der Waals surface area contributed by atoms with Gasteiger partial charge in [0.2, 0.25) is 5.91 Å². The maximum atomic E-state index is 12.2. The number of carboxylic acids is 1. The summed E-state index contributed by atoms with van der Waals surface area (Å²) >= 11 is 1.55. The van der Waals surface area contributed by atoms with E-state index in [1.54, 1.807) is 11.8 Å². The molecule has 0 aliphatic carbocycles. The maximum Gasteiger partial charge on any atom is 0.325 e. The Balaban J connectivity index is 1.63. The van der Waals surface area contributed by atoms with Crippen LogP contribution in [0.2, 0.25) is 0 Å². The largest absolute Gasteiger partial charge is 0.480 e. The molecule has 0 saturated heterocycles. The Kier molecular flexibility index (Phi) is 3.66. The van der Waals surface area contributed by atoms with Crippen molar-refractivity contribution in [2.24, 2.45) is 0 Å². The summed E-state index contributed by atoms with van der Waals surface area (Å²) in [6.45, 7) is -0.223. The molecule has 0 saturated carbocycles. The van der Waals surface area contributed by atoms with E-state index in [2.05, 4.69) is 10.4 Å². The quantitative estimate of drug-likeness (QED) is 0.896. The fraction of sp³-hybridized carbons (Fsp3) is 0.214. The van der Waals surface area contributed by atoms with Crippen molar-refractivity contribution in [1.29, 1.82) is 0 Å². The minimum Gasteiger partial charge on any atom is -0.480 e. The number of aliphatic carboxylic acids is 1. The number of nitrogens with one attached hydrogen (secondary N) is 1. The standard InChI is InChI=1S/C14H13N3O3S/c18-13(19)8-17-7-10(6-15-17)16-14(20)12-5-9-3-1-2-4-11(9)21-12/h1-4,6-7,12H,5,8H2,(H,16,20)(H,18,19). The molecule has 1 aliphatic rings. The molecule has 1 aromatic carbocycles. The van der Waals surface area contributed by atoms with Gasteiger partial charge in [-0.1, -0.05) is 18.2 Å². The number of hydrogen-bond donors (Lipinski definition) is 2. The number of rotatable bonds is 4. The van der Waals surface area contributed by atoms with Crippen LogP contribution in [-0.2, 0) is 22.6 Å². The van der Waals surface area contributed by atoms with Crippen LogP contribution in [0.3, 0.4) is 0 Å². The van der Waals surface area contributed by atoms with Gasteiger partial charge in [-0.2, -0.15) is 5.10 Å². The fourth-order valence-corrected chi connectivity index (χ4v) is 3.40. The van der Waals surface area contributed by atoms with Crippen molar-refractivity contribution in [2.45, 2.75) is 23.1 Å². The molecule has 3 rings (SSSR count). The van der Waals surface area contributed by atoms with Crippen molar-refractivity contribution in [3.63, 3.8) is 0 Å². The summed E-state index contributed by atoms with van der Waals surface area (Å²) in [5.41, 5.74) is 1.70. The Morgan fingerprint density at radius 1 is 1.43 bits per heavy atom. The summed E-state index contributed by atoms with van der Waals surface area (Å²) < 4.78 is 1.27. The molecule has 1 amide bonds. The molecular weight excluding hydrogens is 290 g/mol. The van der Waals surface area contributed by atoms with Gasteiger partial charge in [0.15, 0.2) is 0 Å². The van der Waals surface area contributed by atoms with Crippen LogP contribution in [0.4, 0.5) is 5.69 Å². The van der Waals surface area contributed by atoms with Gasteiger partial charge in [-0.05, 0) is 18.1 Å². The van der Waals surface area contributed by atoms with Gasteiger partial charge < -0.3 is 10.4 Å². The Morgan fingerprint density at radius 3 is 3.00 bits per heavy atom. The highest BCUT2D eigenvalue weighted by Crippen LogP contribution is 2.37. The van der Waals surface area contributed by atoms with E-state index in [-0.39, 0.29) is 17.7 Å². The minimum atomic E-state index is -0.974. The van der Waals surface area contributed by atoms with E-state index in [0.29, 0.717) is 12.1 Å². The molecule has 1 aliphatic heterocycles. The minimum absolute atomic E-state index is 0.0916. The first-order chi connectivity index (χ1) is 10.1. The molecule has 0 bridgehead atoms. The summed E-state index contributed by atoms with van der Waals surface area (Å²) in [5, 5.41) is 15.2. The van der Waals surface area contributed by atoms with Crippen LogP contribution in [0.5, 0.6) is 0 Å². The molecule has 2 aromatic rings. The molecular formula is C14H13N3O3S. The van der Waals surface area contributed by atoms with E-state index >= 15 is 0 Å². The summed E-state index contributed by atoms with van der Waals surface area (Å²) in [7, 11) is 0. The second kappa shape index (κ2) is 5.61. The first-order valence-corrected chi connectivity index (χ1v) is 7.29. The van der Waals surface area contributed by atoms with Gasteiger partial charge in [0.25, 0.3) is 0 Å². The van der Waals surface area contributed by atoms with Crippen molar-refractivity contribution in [3.8, 4) is 0 Å². The Bertz CT molecular complexity index is 673. The highest BCUT2D eigenvalue weighted by atomic mass is 32.2. The van der Waals surface area contributed by atoms with Gasteiger partial charge in [0.05, 0.1) is 17.1 Å². The molecule has 1 atom stereocenters. The normalized spacial score (nSPS) is 16.5. The zero-order valence-electron chi connectivity index (χ0n) is 11.0. The molecule has 0 spiro atoms. The predicted octanol–water partition coefficient (Wildman–Crippen LogP) is 1.62. The van der Waals surface area contributed by atoms with Crippen LogP contribution in [0.15, 0.2) is 41.6 Å². The van der Waals surface area contributed by atoms with Crippen LogP contribution >= 0.6 is 11.8 Å². The number of anilines is 1. The average Bonchev–Trinajstić information content (AvgIpc) is 3.04. The van der Waals surface area contributed by atoms with Gasteiger partial charge in [0, 0.05) is 11.1 Å². The number of thioether (sulfide) groups is 1. The summed E-state index contributed by atoms with van der Waals surface area (Å²) in [6, 6.07) is 7.97. The highest BCUT2D eigenvalue weighted by Gasteiger charge is 2.28. The summed E-state index contributed by atoms with van der Waals surface area (Å²) in [4.78, 5) is 24.0. The molecule has 21 heavy (non-hydrogen) atoms. The molecule has 1 unspecified atom stereocenters. The fourth-order valence-electron chi connectivity index (χ4n) is 2.20. The van der Waals surface area contributed by atoms with Crippen molar-refractivity contribution >= 4 is 29.3 Å². The van der Waals surface area contributed by atoms with Gasteiger partial charge >= 0.3 is 5.97 Å². The number of aromatic nitrogens is 2. The number of carboxylic acid groups (broad SMARTS) is 1. The first-order valence-electron chi connectivity index (χ1n) is 6.41. The third-order valence-electron chi connectivity index (χ3n) is 3.14. The molecule has 1 aromatic heterocycles. The summed E-state index contributed by atoms with van der Waals surface area (Å²) in [5.74, 6) is -1.07. The lowest BCUT2D eigenvalue weighted by Crippen LogP contribution is -2.24. The van der Waals surface area contributed by atoms with Gasteiger partial charge in [-0.15, -0.1) is 11.8 Å². The van der Waals surface area contributed by atoms with Gasteiger partial charge in [-0.25, -0.2) is 0 Å². The van der Waals surface area contributed by atoms with E-state index in [1.165, 1.54) is 22.6 Å². The predicted molar refractivity (Wildman–Crippen MR) is 78.3 cm³/mol. The maximum absolute atomic E-state index is 12.2. The topological polar surface area (TPSA) is 84.2 Å². The molecule has 2 heterocycles. The van der Waals surface area contributed by atoms with Gasteiger partial charge in [-0.3, -0.25) is 14.3 Å². The van der Waals surface area contributed by atoms with Crippen LogP contribution in [-0.4, -0.2) is 32.0 Å². The second-order valence-electron chi connectivity index (χ2n) is 4.73. The number of carbonyl (C=O) groups excluding carboxylic acids is 1. The van der Waals surface area contributed by atoms with E-state index in [1.807, 2.05) is 24.3 Å². The Hall–Kier alpha value is -2.28. The molecule has 7 heteroatoms. The molecule has 6 nitrogen and oxygen atoms in total. The Labute approximate surface area is 125 Å². The highest BCUT2D eigenvalue weighted by molar-refractivity contribution is 8.01. The van der Waals surface area contributed by atoms with Crippen molar-refractivity contribution in [2.75, 3.05) is 5.32 Å². The smallest absolute Gasteiger partial charge is 0.325 e. The zero-order valence-corrected chi connectivity index (χ0v) is 11.8. The third kappa shape index (κ3) is 3.08. The van der Waals surface area contributed by atoms with Crippen molar-refractivity contribution in [3.05, 3.63) is 42.2 Å². The van der Waals surface area contributed by atoms with Crippen LogP contribution < -0.4 is 5.32 Å². The average molecular weight is 303 g/mol. The number of nitrogens with zero attached hydrogens (tertiary/aromatic N) is 2. The van der Waals surface area contributed by atoms with E-state index in [9.17, 15) is 9.59 Å². The van der Waals surface area contributed by atoms with Crippen LogP contribution in [0.1, 0.15) is 5.56 Å². The summed E-state index contributed by atoms with van der Waals surface area (Å²) in [6.07, 6.45) is 3.67. The lowest BCUT2D eigenvalue weighted by Gasteiger charge is -2.07. The third-order valence-corrected chi connectivity index (χ3v) is 4.46. The van der Waals surface area contributed by atoms with Crippen LogP contribution in [0, 0.1) is 0 Å². The second-order valence-corrected chi connectivity index (χ2v) is 5.97. The SMILES string of the molecule is O=C(O)Cn1cc(NC(=O)C2Cc3ccccc3S2)cn1. The Morgan fingerprint density at radius 2 is 2.24 bits per heavy atom. The first kappa shape index (κ1) is 13.7. The number of hydrogen-bond acceptors (Lipinski definition) is 4. The lowest BCUT2D eigenvalue weighted by molar-refractivity contribution is -0.137. The molecule has 108 valence electrons. The molecule has 0 radical (unpaired) electrons. The van der Waals surface area contributed by atoms with E-state index in [0.717, 1.165) is 4.90 Å². The lowest BCUT2D eigenvalue weighted by atomic mass is 10.1. The van der Waals surface area contributed by atoms with Gasteiger partial charge in [0.1, 0.15) is 6.54 Å². The zero-order chi connectivity index (χ0) is 14.8. The number of benzene rings is 1. The number of fused-ring (bicyclic) bond motifs is 1. The molecule has 0 fully saturated rings.